The number of β-amino-alcohol motifs (C(OH)–C–C–N with tert-alkyl or cyclic N) is 1. The SMILES string of the molecule is OC1(c2ccc(F)c(Br)c2F)CNC1. The number of benzene rings is 1. The molecular formula is C9H8BrF2NO. The summed E-state index contributed by atoms with van der Waals surface area (Å²) < 4.78 is 26.2. The van der Waals surface area contributed by atoms with E-state index in [1.54, 1.807) is 0 Å². The largest absolute Gasteiger partial charge is 0.382 e. The molecule has 0 unspecified atom stereocenters. The van der Waals surface area contributed by atoms with E-state index < -0.39 is 17.2 Å². The van der Waals surface area contributed by atoms with Gasteiger partial charge in [-0.05, 0) is 22.0 Å². The fourth-order valence-electron chi connectivity index (χ4n) is 1.44. The van der Waals surface area contributed by atoms with Gasteiger partial charge in [0.25, 0.3) is 0 Å². The molecule has 1 saturated heterocycles. The van der Waals surface area contributed by atoms with Crippen molar-refractivity contribution in [2.24, 2.45) is 0 Å². The van der Waals surface area contributed by atoms with Crippen molar-refractivity contribution in [3.63, 3.8) is 0 Å². The Morgan fingerprint density at radius 2 is 2.00 bits per heavy atom. The molecule has 5 heteroatoms. The first-order chi connectivity index (χ1) is 6.54. The van der Waals surface area contributed by atoms with E-state index in [-0.39, 0.29) is 10.0 Å². The fraction of sp³-hybridized carbons (Fsp3) is 0.333. The monoisotopic (exact) mass is 263 g/mol. The summed E-state index contributed by atoms with van der Waals surface area (Å²) in [5, 5.41) is 12.7. The number of hydrogen-bond acceptors (Lipinski definition) is 2. The van der Waals surface area contributed by atoms with Crippen molar-refractivity contribution in [2.75, 3.05) is 13.1 Å². The molecule has 2 N–H and O–H groups in total. The molecule has 0 aromatic heterocycles. The topological polar surface area (TPSA) is 32.3 Å². The molecule has 1 fully saturated rings. The summed E-state index contributed by atoms with van der Waals surface area (Å²) >= 11 is 2.79. The second-order valence-electron chi connectivity index (χ2n) is 3.36. The Bertz CT molecular complexity index is 379. The van der Waals surface area contributed by atoms with Gasteiger partial charge in [-0.1, -0.05) is 6.07 Å². The molecule has 1 aromatic carbocycles. The average Bonchev–Trinajstić information content (AvgIpc) is 2.11. The smallest absolute Gasteiger partial charge is 0.146 e. The molecule has 0 spiro atoms. The van der Waals surface area contributed by atoms with Crippen molar-refractivity contribution in [3.8, 4) is 0 Å². The summed E-state index contributed by atoms with van der Waals surface area (Å²) in [6.45, 7) is 0.587. The molecule has 0 saturated carbocycles. The first-order valence-corrected chi connectivity index (χ1v) is 4.91. The third kappa shape index (κ3) is 1.36. The van der Waals surface area contributed by atoms with Gasteiger partial charge >= 0.3 is 0 Å². The summed E-state index contributed by atoms with van der Waals surface area (Å²) in [4.78, 5) is 0. The highest BCUT2D eigenvalue weighted by molar-refractivity contribution is 9.10. The number of rotatable bonds is 1. The van der Waals surface area contributed by atoms with Crippen LogP contribution in [0.5, 0.6) is 0 Å². The Labute approximate surface area is 88.1 Å². The van der Waals surface area contributed by atoms with E-state index in [4.69, 9.17) is 0 Å². The van der Waals surface area contributed by atoms with Crippen molar-refractivity contribution in [2.45, 2.75) is 5.60 Å². The normalized spacial score (nSPS) is 19.1. The zero-order valence-corrected chi connectivity index (χ0v) is 8.74. The molecule has 1 aliphatic rings. The van der Waals surface area contributed by atoms with Crippen molar-refractivity contribution in [1.82, 2.24) is 5.32 Å². The highest BCUT2D eigenvalue weighted by atomic mass is 79.9. The predicted molar refractivity (Wildman–Crippen MR) is 50.8 cm³/mol. The van der Waals surface area contributed by atoms with Gasteiger partial charge in [0.2, 0.25) is 0 Å². The lowest BCUT2D eigenvalue weighted by molar-refractivity contribution is -0.0178. The summed E-state index contributed by atoms with van der Waals surface area (Å²) in [6, 6.07) is 2.41. The van der Waals surface area contributed by atoms with E-state index in [1.807, 2.05) is 0 Å². The Morgan fingerprint density at radius 1 is 1.36 bits per heavy atom. The van der Waals surface area contributed by atoms with Crippen LogP contribution in [0.2, 0.25) is 0 Å². The van der Waals surface area contributed by atoms with Gasteiger partial charge in [0, 0.05) is 18.7 Å². The van der Waals surface area contributed by atoms with Crippen LogP contribution < -0.4 is 5.32 Å². The van der Waals surface area contributed by atoms with E-state index in [0.717, 1.165) is 6.07 Å². The second kappa shape index (κ2) is 3.25. The number of hydrogen-bond donors (Lipinski definition) is 2. The van der Waals surface area contributed by atoms with Crippen molar-refractivity contribution < 1.29 is 13.9 Å². The van der Waals surface area contributed by atoms with Gasteiger partial charge in [-0.2, -0.15) is 0 Å². The van der Waals surface area contributed by atoms with Gasteiger partial charge in [0.15, 0.2) is 0 Å². The van der Waals surface area contributed by atoms with Crippen LogP contribution in [-0.4, -0.2) is 18.2 Å². The lowest BCUT2D eigenvalue weighted by atomic mass is 9.88. The zero-order chi connectivity index (χ0) is 10.3. The first-order valence-electron chi connectivity index (χ1n) is 4.12. The second-order valence-corrected chi connectivity index (χ2v) is 4.15. The molecule has 1 aromatic rings. The summed E-state index contributed by atoms with van der Waals surface area (Å²) in [5.41, 5.74) is -1.06. The molecule has 0 radical (unpaired) electrons. The van der Waals surface area contributed by atoms with Crippen LogP contribution >= 0.6 is 15.9 Å². The lowest BCUT2D eigenvalue weighted by Gasteiger charge is -2.38. The molecule has 2 nitrogen and oxygen atoms in total. The summed E-state index contributed by atoms with van der Waals surface area (Å²) in [6.07, 6.45) is 0. The van der Waals surface area contributed by atoms with E-state index in [9.17, 15) is 13.9 Å². The van der Waals surface area contributed by atoms with Gasteiger partial charge in [-0.25, -0.2) is 8.78 Å². The molecule has 0 aliphatic carbocycles. The van der Waals surface area contributed by atoms with Crippen LogP contribution in [0.4, 0.5) is 8.78 Å². The number of halogens is 3. The van der Waals surface area contributed by atoms with Gasteiger partial charge in [0.1, 0.15) is 17.2 Å². The average molecular weight is 264 g/mol. The van der Waals surface area contributed by atoms with E-state index in [0.29, 0.717) is 13.1 Å². The maximum atomic E-state index is 13.5. The van der Waals surface area contributed by atoms with Crippen LogP contribution in [0.3, 0.4) is 0 Å². The van der Waals surface area contributed by atoms with Crippen molar-refractivity contribution in [3.05, 3.63) is 33.8 Å². The van der Waals surface area contributed by atoms with Crippen LogP contribution in [0.1, 0.15) is 5.56 Å². The van der Waals surface area contributed by atoms with Gasteiger partial charge in [0.05, 0.1) is 4.47 Å². The van der Waals surface area contributed by atoms with Gasteiger partial charge in [-0.15, -0.1) is 0 Å². The molecule has 0 bridgehead atoms. The van der Waals surface area contributed by atoms with Gasteiger partial charge in [-0.3, -0.25) is 0 Å². The van der Waals surface area contributed by atoms with Crippen LogP contribution in [0.25, 0.3) is 0 Å². The highest BCUT2D eigenvalue weighted by Gasteiger charge is 2.39. The predicted octanol–water partition coefficient (Wildman–Crippen LogP) is 1.52. The quantitative estimate of drug-likeness (QED) is 0.754. The van der Waals surface area contributed by atoms with Crippen LogP contribution in [0, 0.1) is 11.6 Å². The lowest BCUT2D eigenvalue weighted by Crippen LogP contribution is -2.57. The molecule has 14 heavy (non-hydrogen) atoms. The number of aliphatic hydroxyl groups is 1. The molecule has 2 rings (SSSR count). The Hall–Kier alpha value is -0.520. The minimum Gasteiger partial charge on any atom is -0.382 e. The number of nitrogens with one attached hydrogen (secondary N) is 1. The van der Waals surface area contributed by atoms with Crippen LogP contribution in [-0.2, 0) is 5.60 Å². The molecule has 1 heterocycles. The standard InChI is InChI=1S/C9H8BrF2NO/c10-7-6(11)2-1-5(8(7)12)9(14)3-13-4-9/h1-2,13-14H,3-4H2. The van der Waals surface area contributed by atoms with Gasteiger partial charge < -0.3 is 10.4 Å². The summed E-state index contributed by atoms with van der Waals surface area (Å²) in [7, 11) is 0. The molecule has 0 amide bonds. The Balaban J connectivity index is 2.49. The first kappa shape index (κ1) is 10.0. The molecule has 0 atom stereocenters. The minimum absolute atomic E-state index is 0.129. The van der Waals surface area contributed by atoms with E-state index >= 15 is 0 Å². The highest BCUT2D eigenvalue weighted by Crippen LogP contribution is 2.32. The van der Waals surface area contributed by atoms with Crippen LogP contribution in [0.15, 0.2) is 16.6 Å². The molecule has 76 valence electrons. The third-order valence-electron chi connectivity index (χ3n) is 2.37. The zero-order valence-electron chi connectivity index (χ0n) is 7.15. The Morgan fingerprint density at radius 3 is 2.50 bits per heavy atom. The maximum absolute atomic E-state index is 13.5. The van der Waals surface area contributed by atoms with Crippen molar-refractivity contribution >= 4 is 15.9 Å². The van der Waals surface area contributed by atoms with E-state index in [1.165, 1.54) is 6.07 Å². The fourth-order valence-corrected chi connectivity index (χ4v) is 1.78. The minimum atomic E-state index is -1.19. The van der Waals surface area contributed by atoms with Crippen molar-refractivity contribution in [1.29, 1.82) is 0 Å². The molecule has 1 aliphatic heterocycles. The molecular weight excluding hydrogens is 256 g/mol. The maximum Gasteiger partial charge on any atom is 0.146 e. The van der Waals surface area contributed by atoms with E-state index in [2.05, 4.69) is 21.2 Å². The Kier molecular flexibility index (Phi) is 2.33. The summed E-state index contributed by atoms with van der Waals surface area (Å²) in [5.74, 6) is -1.39. The third-order valence-corrected chi connectivity index (χ3v) is 3.10.